The van der Waals surface area contributed by atoms with Gasteiger partial charge in [-0.3, -0.25) is 4.79 Å². The van der Waals surface area contributed by atoms with Gasteiger partial charge in [0.2, 0.25) is 0 Å². The maximum Gasteiger partial charge on any atom is 0.342 e. The molecule has 0 unspecified atom stereocenters. The highest BCUT2D eigenvalue weighted by atomic mass is 79.9. The lowest BCUT2D eigenvalue weighted by atomic mass is 9.98. The average Bonchev–Trinajstić information content (AvgIpc) is 3.52. The maximum absolute atomic E-state index is 14.2. The molecule has 7 rings (SSSR count). The summed E-state index contributed by atoms with van der Waals surface area (Å²) in [6, 6.07) is 17.1. The Hall–Kier alpha value is -5.56. The van der Waals surface area contributed by atoms with E-state index in [1.54, 1.807) is 18.2 Å². The summed E-state index contributed by atoms with van der Waals surface area (Å²) in [4.78, 5) is 42.4. The molecular weight excluding hydrogens is 703 g/mol. The van der Waals surface area contributed by atoms with E-state index in [1.165, 1.54) is 18.2 Å². The van der Waals surface area contributed by atoms with E-state index in [0.717, 1.165) is 22.5 Å². The van der Waals surface area contributed by atoms with E-state index in [2.05, 4.69) is 26.2 Å². The molecule has 3 N–H and O–H groups in total. The number of carboxylic acids is 1. The summed E-state index contributed by atoms with van der Waals surface area (Å²) in [5.41, 5.74) is 2.34. The maximum atomic E-state index is 14.2. The van der Waals surface area contributed by atoms with Gasteiger partial charge < -0.3 is 39.1 Å². The lowest BCUT2D eigenvalue weighted by Gasteiger charge is -2.24. The van der Waals surface area contributed by atoms with Gasteiger partial charge in [-0.15, -0.1) is 0 Å². The molecule has 2 aliphatic rings. The van der Waals surface area contributed by atoms with E-state index in [4.69, 9.17) is 23.7 Å². The highest BCUT2D eigenvalue weighted by molar-refractivity contribution is 9.10. The van der Waals surface area contributed by atoms with Crippen LogP contribution in [-0.2, 0) is 11.2 Å². The van der Waals surface area contributed by atoms with Crippen LogP contribution in [-0.4, -0.2) is 67.0 Å². The molecule has 5 aromatic rings. The Morgan fingerprint density at radius 2 is 1.55 bits per heavy atom. The Morgan fingerprint density at radius 3 is 2.33 bits per heavy atom. The molecule has 250 valence electrons. The molecular formula is C36H28BrFN2O9. The minimum Gasteiger partial charge on any atom is -0.486 e. The zero-order valence-electron chi connectivity index (χ0n) is 25.7. The minimum atomic E-state index is -1.42. The standard InChI is InChI=1S/C36H28BrFN2O9/c37-22-15-27(33-31(16-22)46-8-10-48-33)36(44)49-18-23(11-21-17-39-29-4-2-1-3-24(21)29)40-34(41)26-13-20(14-30-32(26)47-9-7-45-30)19-5-6-28(38)25(12-19)35(42)43/h1-6,12-17,23,39H,7-11,18H2,(H,40,41)(H,42,43)/t23-/m1/s1. The van der Waals surface area contributed by atoms with E-state index >= 15 is 0 Å². The fourth-order valence-electron chi connectivity index (χ4n) is 5.86. The summed E-state index contributed by atoms with van der Waals surface area (Å²) in [7, 11) is 0. The predicted octanol–water partition coefficient (Wildman–Crippen LogP) is 6.18. The number of carboxylic acid groups (broad SMARTS) is 1. The van der Waals surface area contributed by atoms with Crippen molar-refractivity contribution in [1.29, 1.82) is 0 Å². The summed E-state index contributed by atoms with van der Waals surface area (Å²) in [5, 5.41) is 13.4. The van der Waals surface area contributed by atoms with Crippen LogP contribution in [0.4, 0.5) is 4.39 Å². The van der Waals surface area contributed by atoms with Crippen molar-refractivity contribution in [1.82, 2.24) is 10.3 Å². The lowest BCUT2D eigenvalue weighted by molar-refractivity contribution is 0.0446. The number of para-hydroxylation sites is 1. The summed E-state index contributed by atoms with van der Waals surface area (Å²) in [6.45, 7) is 0.850. The monoisotopic (exact) mass is 730 g/mol. The number of carbonyl (C=O) groups excluding carboxylic acids is 2. The molecule has 1 amide bonds. The number of rotatable bonds is 9. The minimum absolute atomic E-state index is 0.107. The number of aromatic nitrogens is 1. The summed E-state index contributed by atoms with van der Waals surface area (Å²) >= 11 is 3.40. The molecule has 1 aromatic heterocycles. The quantitative estimate of drug-likeness (QED) is 0.152. The zero-order valence-corrected chi connectivity index (χ0v) is 27.3. The molecule has 0 saturated carbocycles. The number of hydrogen-bond acceptors (Lipinski definition) is 8. The Kier molecular flexibility index (Phi) is 8.83. The Labute approximate surface area is 287 Å². The molecule has 13 heteroatoms. The van der Waals surface area contributed by atoms with Gasteiger partial charge in [-0.2, -0.15) is 0 Å². The van der Waals surface area contributed by atoms with E-state index in [-0.39, 0.29) is 54.8 Å². The topological polar surface area (TPSA) is 145 Å². The first-order chi connectivity index (χ1) is 23.7. The van der Waals surface area contributed by atoms with Crippen molar-refractivity contribution in [3.63, 3.8) is 0 Å². The summed E-state index contributed by atoms with van der Waals surface area (Å²) < 4.78 is 43.6. The van der Waals surface area contributed by atoms with Crippen molar-refractivity contribution in [2.75, 3.05) is 33.0 Å². The predicted molar refractivity (Wildman–Crippen MR) is 178 cm³/mol. The van der Waals surface area contributed by atoms with Crippen molar-refractivity contribution >= 4 is 44.7 Å². The third kappa shape index (κ3) is 6.61. The average molecular weight is 732 g/mol. The second-order valence-electron chi connectivity index (χ2n) is 11.4. The van der Waals surface area contributed by atoms with Crippen LogP contribution in [0.15, 0.2) is 77.4 Å². The van der Waals surface area contributed by atoms with Crippen LogP contribution >= 0.6 is 15.9 Å². The molecule has 0 fully saturated rings. The van der Waals surface area contributed by atoms with Gasteiger partial charge in [0.25, 0.3) is 5.91 Å². The van der Waals surface area contributed by atoms with Crippen molar-refractivity contribution in [3.05, 3.63) is 105 Å². The number of amides is 1. The largest absolute Gasteiger partial charge is 0.486 e. The van der Waals surface area contributed by atoms with Crippen LogP contribution in [0.5, 0.6) is 23.0 Å². The van der Waals surface area contributed by atoms with Crippen LogP contribution < -0.4 is 24.3 Å². The van der Waals surface area contributed by atoms with Crippen molar-refractivity contribution < 1.29 is 47.6 Å². The number of carbonyl (C=O) groups is 3. The Morgan fingerprint density at radius 1 is 0.857 bits per heavy atom. The molecule has 1 atom stereocenters. The first-order valence-corrected chi connectivity index (χ1v) is 16.1. The molecule has 2 aliphatic heterocycles. The smallest absolute Gasteiger partial charge is 0.342 e. The second-order valence-corrected chi connectivity index (χ2v) is 12.3. The van der Waals surface area contributed by atoms with Gasteiger partial charge in [-0.05, 0) is 65.6 Å². The van der Waals surface area contributed by atoms with Gasteiger partial charge in [-0.1, -0.05) is 40.2 Å². The van der Waals surface area contributed by atoms with E-state index < -0.39 is 35.3 Å². The first kappa shape index (κ1) is 32.0. The van der Waals surface area contributed by atoms with Gasteiger partial charge in [0.1, 0.15) is 44.4 Å². The number of benzene rings is 4. The Bertz CT molecular complexity index is 2110. The molecule has 49 heavy (non-hydrogen) atoms. The number of hydrogen-bond donors (Lipinski definition) is 3. The Balaban J connectivity index is 1.20. The van der Waals surface area contributed by atoms with E-state index in [1.807, 2.05) is 30.5 Å². The van der Waals surface area contributed by atoms with Crippen molar-refractivity contribution in [2.45, 2.75) is 12.5 Å². The zero-order chi connectivity index (χ0) is 34.1. The van der Waals surface area contributed by atoms with Gasteiger partial charge in [0.05, 0.1) is 17.2 Å². The third-order valence-electron chi connectivity index (χ3n) is 8.14. The SMILES string of the molecule is O=C(O)c1cc(-c2cc3c(c(C(=O)N[C@@H](COC(=O)c4cc(Br)cc5c4OCCO5)Cc4c[nH]c5ccccc45)c2)OCCO3)ccc1F. The normalized spacial score (nSPS) is 13.8. The van der Waals surface area contributed by atoms with Crippen LogP contribution in [0.25, 0.3) is 22.0 Å². The van der Waals surface area contributed by atoms with Crippen LogP contribution in [0.2, 0.25) is 0 Å². The van der Waals surface area contributed by atoms with Crippen molar-refractivity contribution in [3.8, 4) is 34.1 Å². The number of ether oxygens (including phenoxy) is 5. The number of aromatic amines is 1. The molecule has 3 heterocycles. The van der Waals surface area contributed by atoms with Gasteiger partial charge in [0.15, 0.2) is 23.0 Å². The highest BCUT2D eigenvalue weighted by Crippen LogP contribution is 2.40. The summed E-state index contributed by atoms with van der Waals surface area (Å²) in [5.74, 6) is -2.35. The molecule has 0 bridgehead atoms. The van der Waals surface area contributed by atoms with Crippen LogP contribution in [0, 0.1) is 5.82 Å². The van der Waals surface area contributed by atoms with E-state index in [0.29, 0.717) is 34.4 Å². The fourth-order valence-corrected chi connectivity index (χ4v) is 6.30. The molecule has 0 aliphatic carbocycles. The molecule has 0 radical (unpaired) electrons. The number of nitrogens with one attached hydrogen (secondary N) is 2. The van der Waals surface area contributed by atoms with Gasteiger partial charge in [-0.25, -0.2) is 14.0 Å². The number of fused-ring (bicyclic) bond motifs is 3. The lowest BCUT2D eigenvalue weighted by Crippen LogP contribution is -2.40. The fraction of sp³-hybridized carbons (Fsp3) is 0.194. The van der Waals surface area contributed by atoms with Crippen molar-refractivity contribution in [2.24, 2.45) is 0 Å². The first-order valence-electron chi connectivity index (χ1n) is 15.3. The number of halogens is 2. The molecule has 0 spiro atoms. The molecule has 0 saturated heterocycles. The van der Waals surface area contributed by atoms with Crippen LogP contribution in [0.3, 0.4) is 0 Å². The number of H-pyrrole nitrogens is 1. The highest BCUT2D eigenvalue weighted by Gasteiger charge is 2.28. The van der Waals surface area contributed by atoms with Gasteiger partial charge >= 0.3 is 11.9 Å². The molecule has 11 nitrogen and oxygen atoms in total. The second kappa shape index (κ2) is 13.5. The number of esters is 1. The summed E-state index contributed by atoms with van der Waals surface area (Å²) in [6.07, 6.45) is 2.13. The van der Waals surface area contributed by atoms with Gasteiger partial charge in [0, 0.05) is 21.6 Å². The van der Waals surface area contributed by atoms with Crippen LogP contribution in [0.1, 0.15) is 36.6 Å². The van der Waals surface area contributed by atoms with E-state index in [9.17, 15) is 23.9 Å². The third-order valence-corrected chi connectivity index (χ3v) is 8.59. The number of aromatic carboxylic acids is 1. The molecule has 4 aromatic carbocycles.